The van der Waals surface area contributed by atoms with Crippen LogP contribution in [-0.2, 0) is 9.53 Å². The summed E-state index contributed by atoms with van der Waals surface area (Å²) in [6, 6.07) is 0.359. The van der Waals surface area contributed by atoms with E-state index in [-0.39, 0.29) is 5.97 Å². The van der Waals surface area contributed by atoms with Crippen molar-refractivity contribution in [2.45, 2.75) is 33.7 Å². The molecule has 13 heavy (non-hydrogen) atoms. The second-order valence-electron chi connectivity index (χ2n) is 3.77. The lowest BCUT2D eigenvalue weighted by Crippen LogP contribution is -2.42. The molecule has 1 saturated heterocycles. The molecule has 0 aliphatic carbocycles. The van der Waals surface area contributed by atoms with E-state index >= 15 is 0 Å². The van der Waals surface area contributed by atoms with E-state index in [1.807, 2.05) is 13.8 Å². The van der Waals surface area contributed by atoms with Crippen molar-refractivity contribution in [1.29, 1.82) is 0 Å². The van der Waals surface area contributed by atoms with Crippen molar-refractivity contribution in [3.05, 3.63) is 11.3 Å². The third kappa shape index (κ3) is 2.02. The first-order chi connectivity index (χ1) is 6.04. The maximum atomic E-state index is 11.4. The maximum absolute atomic E-state index is 11.4. The standard InChI is InChI=1S/C10H17NO2/c1-7(2)9-10(12)13-6-5-11(9)8(3)4/h8H,5-6H2,1-4H3. The zero-order chi connectivity index (χ0) is 10.0. The van der Waals surface area contributed by atoms with Crippen LogP contribution in [-0.4, -0.2) is 30.1 Å². The van der Waals surface area contributed by atoms with Gasteiger partial charge in [-0.1, -0.05) is 0 Å². The minimum atomic E-state index is -0.181. The van der Waals surface area contributed by atoms with E-state index in [9.17, 15) is 4.79 Å². The number of hydrogen-bond donors (Lipinski definition) is 0. The second-order valence-corrected chi connectivity index (χ2v) is 3.77. The van der Waals surface area contributed by atoms with E-state index in [0.29, 0.717) is 12.6 Å². The van der Waals surface area contributed by atoms with Crippen LogP contribution in [0.15, 0.2) is 11.3 Å². The van der Waals surface area contributed by atoms with Gasteiger partial charge in [-0.25, -0.2) is 4.79 Å². The molecule has 1 heterocycles. The summed E-state index contributed by atoms with van der Waals surface area (Å²) in [7, 11) is 0. The Bertz CT molecular complexity index is 239. The van der Waals surface area contributed by atoms with E-state index in [1.54, 1.807) is 0 Å². The molecule has 1 rings (SSSR count). The van der Waals surface area contributed by atoms with Crippen LogP contribution in [0, 0.1) is 0 Å². The SMILES string of the molecule is CC(C)=C1C(=O)OCCN1C(C)C. The lowest BCUT2D eigenvalue weighted by atomic mass is 10.1. The highest BCUT2D eigenvalue weighted by Crippen LogP contribution is 2.18. The van der Waals surface area contributed by atoms with Crippen LogP contribution < -0.4 is 0 Å². The summed E-state index contributed by atoms with van der Waals surface area (Å²) in [6.45, 7) is 9.37. The van der Waals surface area contributed by atoms with E-state index < -0.39 is 0 Å². The van der Waals surface area contributed by atoms with Crippen molar-refractivity contribution in [2.24, 2.45) is 0 Å². The number of allylic oxidation sites excluding steroid dienone is 1. The summed E-state index contributed by atoms with van der Waals surface area (Å²) >= 11 is 0. The predicted molar refractivity (Wildman–Crippen MR) is 51.2 cm³/mol. The summed E-state index contributed by atoms with van der Waals surface area (Å²) in [6.07, 6.45) is 0. The topological polar surface area (TPSA) is 29.5 Å². The van der Waals surface area contributed by atoms with Crippen LogP contribution in [0.1, 0.15) is 27.7 Å². The van der Waals surface area contributed by atoms with Gasteiger partial charge in [0.15, 0.2) is 0 Å². The molecule has 0 N–H and O–H groups in total. The van der Waals surface area contributed by atoms with Crippen LogP contribution in [0.3, 0.4) is 0 Å². The number of cyclic esters (lactones) is 1. The summed E-state index contributed by atoms with van der Waals surface area (Å²) in [5, 5.41) is 0. The predicted octanol–water partition coefficient (Wildman–Crippen LogP) is 1.55. The van der Waals surface area contributed by atoms with Gasteiger partial charge in [0.25, 0.3) is 0 Å². The first kappa shape index (κ1) is 10.1. The van der Waals surface area contributed by atoms with E-state index in [4.69, 9.17) is 4.74 Å². The Morgan fingerprint density at radius 3 is 2.46 bits per heavy atom. The molecule has 0 unspecified atom stereocenters. The molecule has 0 spiro atoms. The Morgan fingerprint density at radius 2 is 2.08 bits per heavy atom. The Hall–Kier alpha value is -0.990. The van der Waals surface area contributed by atoms with Crippen molar-refractivity contribution in [1.82, 2.24) is 4.90 Å². The highest BCUT2D eigenvalue weighted by atomic mass is 16.5. The summed E-state index contributed by atoms with van der Waals surface area (Å²) < 4.78 is 4.99. The molecule has 0 atom stereocenters. The van der Waals surface area contributed by atoms with Gasteiger partial charge in [0.05, 0.1) is 6.54 Å². The van der Waals surface area contributed by atoms with E-state index in [0.717, 1.165) is 17.8 Å². The fraction of sp³-hybridized carbons (Fsp3) is 0.700. The third-order valence-electron chi connectivity index (χ3n) is 2.14. The van der Waals surface area contributed by atoms with Gasteiger partial charge in [-0.2, -0.15) is 0 Å². The average molecular weight is 183 g/mol. The van der Waals surface area contributed by atoms with Gasteiger partial charge in [-0.05, 0) is 33.3 Å². The highest BCUT2D eigenvalue weighted by Gasteiger charge is 2.26. The number of carbonyl (C=O) groups is 1. The highest BCUT2D eigenvalue weighted by molar-refractivity contribution is 5.89. The molecule has 0 aromatic heterocycles. The smallest absolute Gasteiger partial charge is 0.354 e. The molecule has 0 aromatic rings. The van der Waals surface area contributed by atoms with Crippen LogP contribution in [0.2, 0.25) is 0 Å². The van der Waals surface area contributed by atoms with Gasteiger partial charge in [0, 0.05) is 6.04 Å². The normalized spacial score (nSPS) is 17.8. The van der Waals surface area contributed by atoms with Crippen molar-refractivity contribution < 1.29 is 9.53 Å². The third-order valence-corrected chi connectivity index (χ3v) is 2.14. The molecule has 0 radical (unpaired) electrons. The van der Waals surface area contributed by atoms with Crippen LogP contribution in [0.5, 0.6) is 0 Å². The number of esters is 1. The lowest BCUT2D eigenvalue weighted by Gasteiger charge is -2.34. The molecule has 3 nitrogen and oxygen atoms in total. The van der Waals surface area contributed by atoms with Crippen LogP contribution in [0.25, 0.3) is 0 Å². The number of ether oxygens (including phenoxy) is 1. The van der Waals surface area contributed by atoms with Gasteiger partial charge in [-0.15, -0.1) is 0 Å². The Balaban J connectivity index is 2.94. The molecule has 0 amide bonds. The fourth-order valence-electron chi connectivity index (χ4n) is 1.54. The zero-order valence-electron chi connectivity index (χ0n) is 8.76. The molecular formula is C10H17NO2. The molecule has 1 aliphatic rings. The van der Waals surface area contributed by atoms with E-state index in [1.165, 1.54) is 0 Å². The zero-order valence-corrected chi connectivity index (χ0v) is 8.76. The van der Waals surface area contributed by atoms with Crippen molar-refractivity contribution in [3.63, 3.8) is 0 Å². The average Bonchev–Trinajstić information content (AvgIpc) is 2.02. The number of hydrogen-bond acceptors (Lipinski definition) is 3. The fourth-order valence-corrected chi connectivity index (χ4v) is 1.54. The molecule has 0 saturated carbocycles. The monoisotopic (exact) mass is 183 g/mol. The summed E-state index contributed by atoms with van der Waals surface area (Å²) in [5.41, 5.74) is 1.76. The Morgan fingerprint density at radius 1 is 1.46 bits per heavy atom. The molecule has 0 aromatic carbocycles. The van der Waals surface area contributed by atoms with Crippen molar-refractivity contribution in [2.75, 3.05) is 13.2 Å². The first-order valence-corrected chi connectivity index (χ1v) is 4.65. The Labute approximate surface area is 79.4 Å². The molecule has 1 aliphatic heterocycles. The van der Waals surface area contributed by atoms with Crippen molar-refractivity contribution in [3.8, 4) is 0 Å². The minimum Gasteiger partial charge on any atom is -0.459 e. The van der Waals surface area contributed by atoms with Gasteiger partial charge < -0.3 is 9.64 Å². The van der Waals surface area contributed by atoms with Gasteiger partial charge in [0.1, 0.15) is 12.3 Å². The van der Waals surface area contributed by atoms with Crippen LogP contribution in [0.4, 0.5) is 0 Å². The van der Waals surface area contributed by atoms with Gasteiger partial charge in [0.2, 0.25) is 0 Å². The number of nitrogens with zero attached hydrogens (tertiary/aromatic N) is 1. The number of rotatable bonds is 1. The van der Waals surface area contributed by atoms with Crippen molar-refractivity contribution >= 4 is 5.97 Å². The second kappa shape index (κ2) is 3.81. The van der Waals surface area contributed by atoms with Gasteiger partial charge in [-0.3, -0.25) is 0 Å². The number of carbonyl (C=O) groups excluding carboxylic acids is 1. The molecule has 74 valence electrons. The molecule has 0 bridgehead atoms. The largest absolute Gasteiger partial charge is 0.459 e. The minimum absolute atomic E-state index is 0.181. The lowest BCUT2D eigenvalue weighted by molar-refractivity contribution is -0.145. The quantitative estimate of drug-likeness (QED) is 0.456. The molecular weight excluding hydrogens is 166 g/mol. The van der Waals surface area contributed by atoms with E-state index in [2.05, 4.69) is 18.7 Å². The number of morpholine rings is 1. The summed E-state index contributed by atoms with van der Waals surface area (Å²) in [5.74, 6) is -0.181. The first-order valence-electron chi connectivity index (χ1n) is 4.65. The van der Waals surface area contributed by atoms with Gasteiger partial charge >= 0.3 is 5.97 Å². The molecule has 1 fully saturated rings. The Kier molecular flexibility index (Phi) is 2.96. The summed E-state index contributed by atoms with van der Waals surface area (Å²) in [4.78, 5) is 13.5. The van der Waals surface area contributed by atoms with Crippen LogP contribution >= 0.6 is 0 Å². The maximum Gasteiger partial charge on any atom is 0.354 e. The molecule has 3 heteroatoms.